The van der Waals surface area contributed by atoms with Crippen molar-refractivity contribution in [1.82, 2.24) is 9.97 Å². The molecule has 0 radical (unpaired) electrons. The number of benzene rings is 2. The summed E-state index contributed by atoms with van der Waals surface area (Å²) in [4.78, 5) is 33.7. The van der Waals surface area contributed by atoms with Crippen molar-refractivity contribution in [2.45, 2.75) is 6.42 Å². The zero-order valence-corrected chi connectivity index (χ0v) is 16.0. The minimum atomic E-state index is -1.07. The average molecular weight is 409 g/mol. The van der Waals surface area contributed by atoms with Crippen LogP contribution in [0.25, 0.3) is 22.2 Å². The molecule has 0 aliphatic rings. The summed E-state index contributed by atoms with van der Waals surface area (Å²) in [6.45, 7) is 0. The number of hydrogen-bond acceptors (Lipinski definition) is 5. The van der Waals surface area contributed by atoms with E-state index >= 15 is 0 Å². The van der Waals surface area contributed by atoms with Gasteiger partial charge in [0, 0.05) is 21.9 Å². The minimum Gasteiger partial charge on any atom is -0.478 e. The van der Waals surface area contributed by atoms with Gasteiger partial charge in [-0.25, -0.2) is 9.78 Å². The van der Waals surface area contributed by atoms with E-state index in [1.807, 2.05) is 18.2 Å². The van der Waals surface area contributed by atoms with Crippen LogP contribution in [0.3, 0.4) is 0 Å². The molecule has 138 valence electrons. The molecule has 5 nitrogen and oxygen atoms in total. The Bertz CT molecular complexity index is 1200. The fraction of sp³-hybridized carbons (Fsp3) is 0.0476. The highest BCUT2D eigenvalue weighted by molar-refractivity contribution is 7.11. The minimum absolute atomic E-state index is 0.0487. The Hall–Kier alpha value is -3.09. The molecular weight excluding hydrogens is 396 g/mol. The molecule has 7 heteroatoms. The molecule has 0 unspecified atom stereocenters. The fourth-order valence-corrected chi connectivity index (χ4v) is 4.10. The largest absolute Gasteiger partial charge is 0.478 e. The Morgan fingerprint density at radius 2 is 1.75 bits per heavy atom. The third-order valence-electron chi connectivity index (χ3n) is 4.29. The van der Waals surface area contributed by atoms with Crippen LogP contribution < -0.4 is 0 Å². The standard InChI is InChI=1S/C21H13ClN2O3S/c22-13-7-5-12(6-8-13)14-11-28-19(20(14)21(26)27)9-18(25)17-10-23-15-3-1-2-4-16(15)24-17/h1-8,10-11H,9H2,(H,26,27). The summed E-state index contributed by atoms with van der Waals surface area (Å²) in [5.74, 6) is -1.34. The monoisotopic (exact) mass is 408 g/mol. The number of thiophene rings is 1. The predicted molar refractivity (Wildman–Crippen MR) is 109 cm³/mol. The van der Waals surface area contributed by atoms with Crippen molar-refractivity contribution in [1.29, 1.82) is 0 Å². The molecule has 0 fully saturated rings. The van der Waals surface area contributed by atoms with E-state index in [4.69, 9.17) is 11.6 Å². The highest BCUT2D eigenvalue weighted by Gasteiger charge is 2.22. The predicted octanol–water partition coefficient (Wildman–Crippen LogP) is 5.14. The van der Waals surface area contributed by atoms with Crippen molar-refractivity contribution in [3.05, 3.63) is 81.3 Å². The van der Waals surface area contributed by atoms with Crippen LogP contribution in [0.5, 0.6) is 0 Å². The van der Waals surface area contributed by atoms with Crippen molar-refractivity contribution < 1.29 is 14.7 Å². The van der Waals surface area contributed by atoms with Crippen molar-refractivity contribution >= 4 is 45.7 Å². The highest BCUT2D eigenvalue weighted by Crippen LogP contribution is 2.33. The number of carboxylic acid groups (broad SMARTS) is 1. The molecule has 2 aromatic heterocycles. The fourth-order valence-electron chi connectivity index (χ4n) is 2.93. The lowest BCUT2D eigenvalue weighted by molar-refractivity contribution is 0.0697. The number of carbonyl (C=O) groups is 2. The van der Waals surface area contributed by atoms with Gasteiger partial charge in [0.25, 0.3) is 0 Å². The summed E-state index contributed by atoms with van der Waals surface area (Å²) in [7, 11) is 0. The summed E-state index contributed by atoms with van der Waals surface area (Å²) in [5.41, 5.74) is 2.99. The number of fused-ring (bicyclic) bond motifs is 1. The topological polar surface area (TPSA) is 80.2 Å². The highest BCUT2D eigenvalue weighted by atomic mass is 35.5. The maximum atomic E-state index is 12.7. The second kappa shape index (κ2) is 7.50. The van der Waals surface area contributed by atoms with Gasteiger partial charge in [0.05, 0.1) is 22.8 Å². The summed E-state index contributed by atoms with van der Waals surface area (Å²) < 4.78 is 0. The van der Waals surface area contributed by atoms with E-state index in [0.717, 1.165) is 5.56 Å². The van der Waals surface area contributed by atoms with Crippen LogP contribution in [0.1, 0.15) is 25.7 Å². The van der Waals surface area contributed by atoms with Gasteiger partial charge in [-0.15, -0.1) is 11.3 Å². The zero-order valence-electron chi connectivity index (χ0n) is 14.4. The number of rotatable bonds is 5. The first-order valence-corrected chi connectivity index (χ1v) is 9.63. The molecule has 0 bridgehead atoms. The number of carboxylic acids is 1. The number of Topliss-reactive ketones (excluding diaryl/α,β-unsaturated/α-hetero) is 1. The van der Waals surface area contributed by atoms with Crippen molar-refractivity contribution in [3.63, 3.8) is 0 Å². The lowest BCUT2D eigenvalue weighted by atomic mass is 10.0. The lowest BCUT2D eigenvalue weighted by Crippen LogP contribution is -2.09. The number of carbonyl (C=O) groups excluding carboxylic acids is 1. The van der Waals surface area contributed by atoms with E-state index in [1.165, 1.54) is 17.5 Å². The van der Waals surface area contributed by atoms with Crippen molar-refractivity contribution in [2.75, 3.05) is 0 Å². The molecule has 2 aromatic carbocycles. The van der Waals surface area contributed by atoms with Crippen LogP contribution in [-0.2, 0) is 6.42 Å². The van der Waals surface area contributed by atoms with Crippen molar-refractivity contribution in [2.24, 2.45) is 0 Å². The maximum absolute atomic E-state index is 12.7. The quantitative estimate of drug-likeness (QED) is 0.463. The second-order valence-corrected chi connectivity index (χ2v) is 7.50. The summed E-state index contributed by atoms with van der Waals surface area (Å²) in [6.07, 6.45) is 1.38. The van der Waals surface area contributed by atoms with Gasteiger partial charge < -0.3 is 5.11 Å². The Labute approximate surface area is 169 Å². The van der Waals surface area contributed by atoms with Gasteiger partial charge in [0.2, 0.25) is 0 Å². The Morgan fingerprint density at radius 3 is 2.46 bits per heavy atom. The molecule has 1 N–H and O–H groups in total. The van der Waals surface area contributed by atoms with Gasteiger partial charge in [0.1, 0.15) is 5.69 Å². The molecule has 0 amide bonds. The van der Waals surface area contributed by atoms with Gasteiger partial charge in [0.15, 0.2) is 5.78 Å². The van der Waals surface area contributed by atoms with Gasteiger partial charge in [-0.1, -0.05) is 35.9 Å². The Morgan fingerprint density at radius 1 is 1.04 bits per heavy atom. The molecule has 0 saturated carbocycles. The molecule has 28 heavy (non-hydrogen) atoms. The van der Waals surface area contributed by atoms with E-state index in [2.05, 4.69) is 9.97 Å². The number of halogens is 1. The first-order chi connectivity index (χ1) is 13.5. The number of ketones is 1. The third-order valence-corrected chi connectivity index (χ3v) is 5.53. The number of hydrogen-bond donors (Lipinski definition) is 1. The Balaban J connectivity index is 1.68. The molecule has 0 aliphatic carbocycles. The lowest BCUT2D eigenvalue weighted by Gasteiger charge is -2.05. The summed E-state index contributed by atoms with van der Waals surface area (Å²) >= 11 is 7.16. The number of aromatic carboxylic acids is 1. The van der Waals surface area contributed by atoms with E-state index < -0.39 is 5.97 Å². The zero-order chi connectivity index (χ0) is 19.7. The van der Waals surface area contributed by atoms with Crippen molar-refractivity contribution in [3.8, 4) is 11.1 Å². The van der Waals surface area contributed by atoms with Gasteiger partial charge in [-0.3, -0.25) is 9.78 Å². The molecular formula is C21H13ClN2O3S. The smallest absolute Gasteiger partial charge is 0.337 e. The van der Waals surface area contributed by atoms with E-state index in [0.29, 0.717) is 26.5 Å². The van der Waals surface area contributed by atoms with Crippen LogP contribution in [0, 0.1) is 0 Å². The molecule has 4 aromatic rings. The molecule has 0 atom stereocenters. The van der Waals surface area contributed by atoms with Crippen LogP contribution in [0.2, 0.25) is 5.02 Å². The van der Waals surface area contributed by atoms with E-state index in [9.17, 15) is 14.7 Å². The van der Waals surface area contributed by atoms with Crippen LogP contribution >= 0.6 is 22.9 Å². The summed E-state index contributed by atoms with van der Waals surface area (Å²) in [5, 5.41) is 12.0. The van der Waals surface area contributed by atoms with Gasteiger partial charge in [-0.05, 0) is 35.2 Å². The third kappa shape index (κ3) is 3.52. The van der Waals surface area contributed by atoms with E-state index in [-0.39, 0.29) is 23.5 Å². The Kier molecular flexibility index (Phi) is 4.90. The van der Waals surface area contributed by atoms with Crippen LogP contribution in [0.4, 0.5) is 0 Å². The SMILES string of the molecule is O=C(Cc1scc(-c2ccc(Cl)cc2)c1C(=O)O)c1cnc2ccccc2n1. The number of aromatic nitrogens is 2. The molecule has 0 saturated heterocycles. The van der Waals surface area contributed by atoms with Crippen LogP contribution in [-0.4, -0.2) is 26.8 Å². The number of nitrogens with zero attached hydrogens (tertiary/aromatic N) is 2. The first-order valence-electron chi connectivity index (χ1n) is 8.37. The van der Waals surface area contributed by atoms with Crippen LogP contribution in [0.15, 0.2) is 60.1 Å². The second-order valence-electron chi connectivity index (χ2n) is 6.10. The normalized spacial score (nSPS) is 10.9. The number of para-hydroxylation sites is 2. The first kappa shape index (κ1) is 18.3. The molecule has 4 rings (SSSR count). The van der Waals surface area contributed by atoms with Gasteiger partial charge >= 0.3 is 5.97 Å². The van der Waals surface area contributed by atoms with Gasteiger partial charge in [-0.2, -0.15) is 0 Å². The molecule has 0 aliphatic heterocycles. The molecule has 2 heterocycles. The summed E-state index contributed by atoms with van der Waals surface area (Å²) in [6, 6.07) is 14.2. The van der Waals surface area contributed by atoms with E-state index in [1.54, 1.807) is 35.7 Å². The molecule has 0 spiro atoms. The average Bonchev–Trinajstić information content (AvgIpc) is 3.12. The maximum Gasteiger partial charge on any atom is 0.337 e.